The van der Waals surface area contributed by atoms with Crippen LogP contribution in [0, 0.1) is 5.92 Å². The summed E-state index contributed by atoms with van der Waals surface area (Å²) in [5.41, 5.74) is 1.17. The van der Waals surface area contributed by atoms with Crippen molar-refractivity contribution in [2.45, 2.75) is 38.3 Å². The summed E-state index contributed by atoms with van der Waals surface area (Å²) in [6, 6.07) is 18.2. The van der Waals surface area contributed by atoms with Gasteiger partial charge in [0.2, 0.25) is 0 Å². The molecule has 1 aliphatic carbocycles. The normalized spacial score (nSPS) is 20.5. The molecule has 1 fully saturated rings. The molecule has 1 aliphatic rings. The number of aliphatic carboxylic acids is 1. The second kappa shape index (κ2) is 7.97. The molecule has 4 nitrogen and oxygen atoms in total. The molecule has 1 saturated carbocycles. The highest BCUT2D eigenvalue weighted by molar-refractivity contribution is 5.70. The number of carbonyl (C=O) groups is 1. The monoisotopic (exact) mass is 325 g/mol. The molecule has 0 heterocycles. The maximum atomic E-state index is 11.0. The predicted molar refractivity (Wildman–Crippen MR) is 93.2 cm³/mol. The van der Waals surface area contributed by atoms with Crippen molar-refractivity contribution in [2.24, 2.45) is 5.92 Å². The molecule has 0 unspecified atom stereocenters. The highest BCUT2D eigenvalue weighted by Crippen LogP contribution is 2.25. The second-order valence-corrected chi connectivity index (χ2v) is 6.33. The number of carboxylic acids is 1. The summed E-state index contributed by atoms with van der Waals surface area (Å²) in [5, 5.41) is 12.6. The van der Waals surface area contributed by atoms with Crippen LogP contribution < -0.4 is 10.1 Å². The zero-order valence-corrected chi connectivity index (χ0v) is 13.7. The van der Waals surface area contributed by atoms with Crippen LogP contribution in [0.1, 0.15) is 31.2 Å². The van der Waals surface area contributed by atoms with Crippen molar-refractivity contribution in [1.29, 1.82) is 0 Å². The van der Waals surface area contributed by atoms with Gasteiger partial charge in [-0.25, -0.2) is 0 Å². The first-order valence-corrected chi connectivity index (χ1v) is 8.49. The Balaban J connectivity index is 1.51. The molecular formula is C20H23NO3. The van der Waals surface area contributed by atoms with Gasteiger partial charge in [0.15, 0.2) is 0 Å². The van der Waals surface area contributed by atoms with Gasteiger partial charge in [-0.3, -0.25) is 4.79 Å². The molecule has 2 aromatic rings. The number of hydrogen-bond donors (Lipinski definition) is 2. The van der Waals surface area contributed by atoms with Crippen LogP contribution in [0.3, 0.4) is 0 Å². The molecule has 2 N–H and O–H groups in total. The molecule has 0 aromatic heterocycles. The number of rotatable bonds is 6. The molecule has 2 aromatic carbocycles. The summed E-state index contributed by atoms with van der Waals surface area (Å²) in [4.78, 5) is 11.0. The van der Waals surface area contributed by atoms with Crippen molar-refractivity contribution >= 4 is 5.97 Å². The van der Waals surface area contributed by atoms with E-state index in [0.717, 1.165) is 43.7 Å². The van der Waals surface area contributed by atoms with Gasteiger partial charge in [0.1, 0.15) is 11.5 Å². The molecule has 4 heteroatoms. The Kier molecular flexibility index (Phi) is 5.49. The van der Waals surface area contributed by atoms with E-state index in [-0.39, 0.29) is 5.92 Å². The summed E-state index contributed by atoms with van der Waals surface area (Å²) in [7, 11) is 0. The van der Waals surface area contributed by atoms with Crippen LogP contribution >= 0.6 is 0 Å². The first-order valence-electron chi connectivity index (χ1n) is 8.49. The molecule has 3 rings (SSSR count). The van der Waals surface area contributed by atoms with E-state index in [9.17, 15) is 4.79 Å². The summed E-state index contributed by atoms with van der Waals surface area (Å²) in [6.07, 6.45) is 3.39. The lowest BCUT2D eigenvalue weighted by atomic mass is 9.86. The van der Waals surface area contributed by atoms with E-state index in [1.165, 1.54) is 5.56 Å². The molecule has 0 saturated heterocycles. The standard InChI is InChI=1S/C20H23NO3/c22-20(23)16-9-11-17(12-10-16)21-14-15-5-4-8-19(13-15)24-18-6-2-1-3-7-18/h1-8,13,16-17,21H,9-12,14H2,(H,22,23). The lowest BCUT2D eigenvalue weighted by Crippen LogP contribution is -2.34. The first kappa shape index (κ1) is 16.5. The Morgan fingerprint density at radius 2 is 1.71 bits per heavy atom. The van der Waals surface area contributed by atoms with Gasteiger partial charge in [-0.1, -0.05) is 30.3 Å². The number of benzene rings is 2. The summed E-state index contributed by atoms with van der Waals surface area (Å²) in [6.45, 7) is 0.772. The highest BCUT2D eigenvalue weighted by atomic mass is 16.5. The molecule has 126 valence electrons. The molecule has 0 aliphatic heterocycles. The van der Waals surface area contributed by atoms with Gasteiger partial charge in [-0.15, -0.1) is 0 Å². The first-order chi connectivity index (χ1) is 11.7. The van der Waals surface area contributed by atoms with Crippen LogP contribution in [0.15, 0.2) is 54.6 Å². The number of para-hydroxylation sites is 1. The smallest absolute Gasteiger partial charge is 0.306 e. The Morgan fingerprint density at radius 3 is 2.42 bits per heavy atom. The van der Waals surface area contributed by atoms with Crippen molar-refractivity contribution < 1.29 is 14.6 Å². The fourth-order valence-electron chi connectivity index (χ4n) is 3.15. The van der Waals surface area contributed by atoms with Gasteiger partial charge in [-0.05, 0) is 55.5 Å². The average Bonchev–Trinajstić information content (AvgIpc) is 2.61. The van der Waals surface area contributed by atoms with Crippen molar-refractivity contribution in [1.82, 2.24) is 5.32 Å². The van der Waals surface area contributed by atoms with Gasteiger partial charge in [0.05, 0.1) is 5.92 Å². The van der Waals surface area contributed by atoms with Crippen LogP contribution in [0.5, 0.6) is 11.5 Å². The number of nitrogens with one attached hydrogen (secondary N) is 1. The molecule has 0 amide bonds. The Bertz CT molecular complexity index is 664. The SMILES string of the molecule is O=C(O)C1CCC(NCc2cccc(Oc3ccccc3)c2)CC1. The van der Waals surface area contributed by atoms with Gasteiger partial charge in [0, 0.05) is 12.6 Å². The van der Waals surface area contributed by atoms with E-state index in [0.29, 0.717) is 6.04 Å². The molecule has 0 radical (unpaired) electrons. The van der Waals surface area contributed by atoms with Crippen molar-refractivity contribution in [3.8, 4) is 11.5 Å². The molecule has 0 atom stereocenters. The van der Waals surface area contributed by atoms with Gasteiger partial charge in [0.25, 0.3) is 0 Å². The minimum atomic E-state index is -0.654. The van der Waals surface area contributed by atoms with E-state index < -0.39 is 5.97 Å². The van der Waals surface area contributed by atoms with E-state index in [2.05, 4.69) is 11.4 Å². The van der Waals surface area contributed by atoms with Gasteiger partial charge >= 0.3 is 5.97 Å². The van der Waals surface area contributed by atoms with E-state index in [4.69, 9.17) is 9.84 Å². The Morgan fingerprint density at radius 1 is 1.00 bits per heavy atom. The molecule has 0 spiro atoms. The average molecular weight is 325 g/mol. The van der Waals surface area contributed by atoms with E-state index in [1.54, 1.807) is 0 Å². The van der Waals surface area contributed by atoms with Crippen molar-refractivity contribution in [3.63, 3.8) is 0 Å². The minimum Gasteiger partial charge on any atom is -0.481 e. The number of carboxylic acid groups (broad SMARTS) is 1. The summed E-state index contributed by atoms with van der Waals surface area (Å²) in [5.74, 6) is 0.842. The van der Waals surface area contributed by atoms with Crippen LogP contribution in [-0.2, 0) is 11.3 Å². The molecular weight excluding hydrogens is 302 g/mol. The van der Waals surface area contributed by atoms with Crippen LogP contribution in [0.25, 0.3) is 0 Å². The van der Waals surface area contributed by atoms with Crippen LogP contribution in [0.4, 0.5) is 0 Å². The second-order valence-electron chi connectivity index (χ2n) is 6.33. The van der Waals surface area contributed by atoms with E-state index in [1.807, 2.05) is 48.5 Å². The molecule has 0 bridgehead atoms. The Hall–Kier alpha value is -2.33. The maximum absolute atomic E-state index is 11.0. The van der Waals surface area contributed by atoms with Crippen molar-refractivity contribution in [2.75, 3.05) is 0 Å². The quantitative estimate of drug-likeness (QED) is 0.835. The lowest BCUT2D eigenvalue weighted by molar-refractivity contribution is -0.142. The van der Waals surface area contributed by atoms with E-state index >= 15 is 0 Å². The zero-order chi connectivity index (χ0) is 16.8. The highest BCUT2D eigenvalue weighted by Gasteiger charge is 2.25. The molecule has 24 heavy (non-hydrogen) atoms. The largest absolute Gasteiger partial charge is 0.481 e. The summed E-state index contributed by atoms with van der Waals surface area (Å²) >= 11 is 0. The minimum absolute atomic E-state index is 0.161. The maximum Gasteiger partial charge on any atom is 0.306 e. The van der Waals surface area contributed by atoms with Crippen LogP contribution in [0.2, 0.25) is 0 Å². The fraction of sp³-hybridized carbons (Fsp3) is 0.350. The Labute approximate surface area is 142 Å². The van der Waals surface area contributed by atoms with Gasteiger partial charge < -0.3 is 15.2 Å². The van der Waals surface area contributed by atoms with Crippen LogP contribution in [-0.4, -0.2) is 17.1 Å². The van der Waals surface area contributed by atoms with Gasteiger partial charge in [-0.2, -0.15) is 0 Å². The summed E-state index contributed by atoms with van der Waals surface area (Å²) < 4.78 is 5.86. The van der Waals surface area contributed by atoms with Crippen molar-refractivity contribution in [3.05, 3.63) is 60.2 Å². The topological polar surface area (TPSA) is 58.6 Å². The number of ether oxygens (including phenoxy) is 1. The third kappa shape index (κ3) is 4.59. The lowest BCUT2D eigenvalue weighted by Gasteiger charge is -2.27. The fourth-order valence-corrected chi connectivity index (χ4v) is 3.15. The predicted octanol–water partition coefficient (Wildman–Crippen LogP) is 4.21. The zero-order valence-electron chi connectivity index (χ0n) is 13.7. The third-order valence-electron chi connectivity index (χ3n) is 4.55. The number of hydrogen-bond acceptors (Lipinski definition) is 3. The third-order valence-corrected chi connectivity index (χ3v) is 4.55.